The predicted octanol–water partition coefficient (Wildman–Crippen LogP) is 4.09. The Balaban J connectivity index is 1.91. The van der Waals surface area contributed by atoms with Crippen molar-refractivity contribution in [3.05, 3.63) is 80.3 Å². The minimum Gasteiger partial charge on any atom is -0.383 e. The van der Waals surface area contributed by atoms with Crippen LogP contribution in [0.2, 0.25) is 0 Å². The van der Waals surface area contributed by atoms with E-state index in [0.717, 1.165) is 22.2 Å². The van der Waals surface area contributed by atoms with Crippen LogP contribution in [0.15, 0.2) is 53.3 Å². The van der Waals surface area contributed by atoms with Crippen LogP contribution in [-0.4, -0.2) is 18.3 Å². The summed E-state index contributed by atoms with van der Waals surface area (Å²) in [4.78, 5) is 13.8. The van der Waals surface area contributed by atoms with E-state index in [1.165, 1.54) is 11.3 Å². The van der Waals surface area contributed by atoms with E-state index in [9.17, 15) is 9.90 Å². The number of aryl methyl sites for hydroxylation is 1. The van der Waals surface area contributed by atoms with E-state index in [0.29, 0.717) is 29.0 Å². The Bertz CT molecular complexity index is 971. The molecule has 0 spiro atoms. The van der Waals surface area contributed by atoms with Crippen LogP contribution in [0.4, 0.5) is 0 Å². The molecule has 0 amide bonds. The maximum atomic E-state index is 13.2. The van der Waals surface area contributed by atoms with Crippen molar-refractivity contribution in [2.24, 2.45) is 0 Å². The zero-order chi connectivity index (χ0) is 18.1. The van der Waals surface area contributed by atoms with Gasteiger partial charge < -0.3 is 14.6 Å². The molecule has 1 aliphatic rings. The molecule has 0 radical (unpaired) electrons. The van der Waals surface area contributed by atoms with Crippen molar-refractivity contribution in [1.29, 1.82) is 0 Å². The van der Waals surface area contributed by atoms with E-state index in [1.54, 1.807) is 0 Å². The third-order valence-corrected chi connectivity index (χ3v) is 5.80. The summed E-state index contributed by atoms with van der Waals surface area (Å²) in [5.41, 5.74) is 2.15. The molecule has 2 heterocycles. The predicted molar refractivity (Wildman–Crippen MR) is 103 cm³/mol. The van der Waals surface area contributed by atoms with Crippen LogP contribution in [0.1, 0.15) is 40.4 Å². The Hall–Kier alpha value is -2.05. The fraction of sp³-hybridized carbons (Fsp3) is 0.286. The molecule has 134 valence electrons. The molecular weight excluding hydrogens is 348 g/mol. The summed E-state index contributed by atoms with van der Waals surface area (Å²) in [5.74, 6) is 0. The fourth-order valence-corrected chi connectivity index (χ4v) is 4.36. The van der Waals surface area contributed by atoms with Gasteiger partial charge >= 0.3 is 0 Å². The quantitative estimate of drug-likeness (QED) is 0.757. The third kappa shape index (κ3) is 3.19. The minimum atomic E-state index is -0.901. The normalized spacial score (nSPS) is 16.7. The van der Waals surface area contributed by atoms with Gasteiger partial charge in [0.15, 0.2) is 11.7 Å². The lowest BCUT2D eigenvalue weighted by Gasteiger charge is -2.26. The maximum Gasteiger partial charge on any atom is 0.196 e. The molecule has 1 unspecified atom stereocenters. The molecule has 0 bridgehead atoms. The number of fused-ring (bicyclic) bond motifs is 1. The molecular formula is C21H20O4S. The van der Waals surface area contributed by atoms with E-state index in [4.69, 9.17) is 9.47 Å². The van der Waals surface area contributed by atoms with Gasteiger partial charge in [-0.3, -0.25) is 4.79 Å². The molecule has 2 aromatic carbocycles. The van der Waals surface area contributed by atoms with Crippen LogP contribution in [0.5, 0.6) is 0 Å². The molecule has 26 heavy (non-hydrogen) atoms. The van der Waals surface area contributed by atoms with Gasteiger partial charge in [0.2, 0.25) is 0 Å². The zero-order valence-corrected chi connectivity index (χ0v) is 15.3. The summed E-state index contributed by atoms with van der Waals surface area (Å²) < 4.78 is 12.3. The van der Waals surface area contributed by atoms with Gasteiger partial charge in [-0.15, -0.1) is 11.3 Å². The van der Waals surface area contributed by atoms with Gasteiger partial charge in [0, 0.05) is 10.1 Å². The van der Waals surface area contributed by atoms with Crippen LogP contribution >= 0.6 is 11.3 Å². The first-order chi connectivity index (χ1) is 12.6. The highest BCUT2D eigenvalue weighted by atomic mass is 32.1. The number of rotatable bonds is 3. The lowest BCUT2D eigenvalue weighted by molar-refractivity contribution is -0.183. The van der Waals surface area contributed by atoms with Crippen molar-refractivity contribution in [2.75, 3.05) is 13.2 Å². The van der Waals surface area contributed by atoms with Crippen molar-refractivity contribution in [2.45, 2.75) is 25.7 Å². The summed E-state index contributed by atoms with van der Waals surface area (Å²) >= 11 is 1.42. The molecule has 0 aliphatic carbocycles. The number of hydrogen-bond donors (Lipinski definition) is 1. The van der Waals surface area contributed by atoms with Crippen LogP contribution in [0, 0.1) is 6.92 Å². The first kappa shape index (κ1) is 17.4. The average Bonchev–Trinajstić information content (AvgIpc) is 2.68. The zero-order valence-electron chi connectivity index (χ0n) is 14.5. The van der Waals surface area contributed by atoms with E-state index in [1.807, 2.05) is 55.5 Å². The van der Waals surface area contributed by atoms with Crippen molar-refractivity contribution in [3.63, 3.8) is 0 Å². The molecule has 4 rings (SSSR count). The SMILES string of the molecule is Cc1ccc(C(O)c2sc3ccccc3c(=O)c2C2OCCCO2)cc1. The molecule has 1 aliphatic heterocycles. The third-order valence-electron chi connectivity index (χ3n) is 4.57. The second-order valence-corrected chi connectivity index (χ2v) is 7.53. The van der Waals surface area contributed by atoms with Gasteiger partial charge in [0.05, 0.1) is 23.7 Å². The summed E-state index contributed by atoms with van der Waals surface area (Å²) in [6.45, 7) is 3.09. The molecule has 0 saturated carbocycles. The Morgan fingerprint density at radius 1 is 1.08 bits per heavy atom. The Morgan fingerprint density at radius 2 is 1.77 bits per heavy atom. The van der Waals surface area contributed by atoms with Crippen molar-refractivity contribution in [3.8, 4) is 0 Å². The van der Waals surface area contributed by atoms with Crippen LogP contribution in [0.3, 0.4) is 0 Å². The standard InChI is InChI=1S/C21H20O4S/c1-13-7-9-14(10-8-13)18(22)20-17(21-24-11-4-12-25-21)19(23)15-5-2-3-6-16(15)26-20/h2-3,5-10,18,21-22H,4,11-12H2,1H3. The summed E-state index contributed by atoms with van der Waals surface area (Å²) in [5, 5.41) is 11.7. The minimum absolute atomic E-state index is 0.132. The molecule has 1 N–H and O–H groups in total. The highest BCUT2D eigenvalue weighted by Gasteiger charge is 2.28. The van der Waals surface area contributed by atoms with E-state index < -0.39 is 12.4 Å². The monoisotopic (exact) mass is 368 g/mol. The van der Waals surface area contributed by atoms with Gasteiger partial charge in [0.25, 0.3) is 0 Å². The van der Waals surface area contributed by atoms with Gasteiger partial charge in [0.1, 0.15) is 6.10 Å². The largest absolute Gasteiger partial charge is 0.383 e. The maximum absolute atomic E-state index is 13.2. The topological polar surface area (TPSA) is 55.8 Å². The highest BCUT2D eigenvalue weighted by molar-refractivity contribution is 7.18. The van der Waals surface area contributed by atoms with E-state index in [2.05, 4.69) is 0 Å². The van der Waals surface area contributed by atoms with Gasteiger partial charge in [-0.2, -0.15) is 0 Å². The number of ether oxygens (including phenoxy) is 2. The molecule has 3 aromatic rings. The molecule has 1 atom stereocenters. The lowest BCUT2D eigenvalue weighted by atomic mass is 10.0. The van der Waals surface area contributed by atoms with E-state index in [-0.39, 0.29) is 5.43 Å². The first-order valence-electron chi connectivity index (χ1n) is 8.68. The molecule has 1 aromatic heterocycles. The second kappa shape index (κ2) is 7.29. The van der Waals surface area contributed by atoms with Gasteiger partial charge in [-0.05, 0) is 31.0 Å². The van der Waals surface area contributed by atoms with E-state index >= 15 is 0 Å². The van der Waals surface area contributed by atoms with Crippen molar-refractivity contribution >= 4 is 21.4 Å². The van der Waals surface area contributed by atoms with Gasteiger partial charge in [-0.1, -0.05) is 42.0 Å². The van der Waals surface area contributed by atoms with Crippen molar-refractivity contribution < 1.29 is 14.6 Å². The average molecular weight is 368 g/mol. The van der Waals surface area contributed by atoms with Crippen LogP contribution < -0.4 is 5.43 Å². The Labute approximate surface area is 155 Å². The smallest absolute Gasteiger partial charge is 0.196 e. The molecule has 1 fully saturated rings. The summed E-state index contributed by atoms with van der Waals surface area (Å²) in [7, 11) is 0. The number of aliphatic hydroxyl groups excluding tert-OH is 1. The second-order valence-electron chi connectivity index (χ2n) is 6.45. The number of aliphatic hydroxyl groups is 1. The molecule has 5 heteroatoms. The lowest BCUT2D eigenvalue weighted by Crippen LogP contribution is -2.26. The Morgan fingerprint density at radius 3 is 2.50 bits per heavy atom. The van der Waals surface area contributed by atoms with Gasteiger partial charge in [-0.25, -0.2) is 0 Å². The van der Waals surface area contributed by atoms with Crippen LogP contribution in [0.25, 0.3) is 10.1 Å². The first-order valence-corrected chi connectivity index (χ1v) is 9.50. The number of benzene rings is 2. The highest BCUT2D eigenvalue weighted by Crippen LogP contribution is 2.36. The summed E-state index contributed by atoms with van der Waals surface area (Å²) in [6.07, 6.45) is -0.827. The molecule has 4 nitrogen and oxygen atoms in total. The fourth-order valence-electron chi connectivity index (χ4n) is 3.15. The van der Waals surface area contributed by atoms with Crippen LogP contribution in [-0.2, 0) is 9.47 Å². The number of hydrogen-bond acceptors (Lipinski definition) is 5. The Kier molecular flexibility index (Phi) is 4.87. The van der Waals surface area contributed by atoms with Crippen molar-refractivity contribution in [1.82, 2.24) is 0 Å². The summed E-state index contributed by atoms with van der Waals surface area (Å²) in [6, 6.07) is 15.1. The molecule has 1 saturated heterocycles.